The van der Waals surface area contributed by atoms with Crippen molar-refractivity contribution in [2.24, 2.45) is 0 Å². The number of aryl methyl sites for hydroxylation is 1. The number of carbonyl (C=O) groups excluding carboxylic acids is 1. The number of nitrogens with one attached hydrogen (secondary N) is 2. The molecule has 0 aliphatic heterocycles. The summed E-state index contributed by atoms with van der Waals surface area (Å²) in [4.78, 5) is 12.2. The Bertz CT molecular complexity index is 836. The molecule has 0 aromatic heterocycles. The zero-order chi connectivity index (χ0) is 20.4. The van der Waals surface area contributed by atoms with Crippen molar-refractivity contribution in [2.75, 3.05) is 13.2 Å². The van der Waals surface area contributed by atoms with E-state index in [0.717, 1.165) is 19.3 Å². The van der Waals surface area contributed by atoms with Gasteiger partial charge in [0, 0.05) is 12.6 Å². The fourth-order valence-corrected chi connectivity index (χ4v) is 3.73. The van der Waals surface area contributed by atoms with Crippen molar-refractivity contribution in [1.82, 2.24) is 10.0 Å². The van der Waals surface area contributed by atoms with Crippen molar-refractivity contribution in [2.45, 2.75) is 44.0 Å². The predicted octanol–water partition coefficient (Wildman–Crippen LogP) is 2.89. The van der Waals surface area contributed by atoms with Gasteiger partial charge < -0.3 is 10.1 Å². The lowest BCUT2D eigenvalue weighted by Crippen LogP contribution is -2.36. The van der Waals surface area contributed by atoms with Gasteiger partial charge in [-0.3, -0.25) is 4.79 Å². The first kappa shape index (κ1) is 21.9. The van der Waals surface area contributed by atoms with Crippen LogP contribution in [0.2, 0.25) is 0 Å². The highest BCUT2D eigenvalue weighted by molar-refractivity contribution is 7.89. The summed E-state index contributed by atoms with van der Waals surface area (Å²) < 4.78 is 32.0. The average molecular weight is 405 g/mol. The van der Waals surface area contributed by atoms with Crippen LogP contribution in [-0.2, 0) is 21.2 Å². The minimum Gasteiger partial charge on any atom is -0.484 e. The lowest BCUT2D eigenvalue weighted by atomic mass is 10.1. The van der Waals surface area contributed by atoms with Crippen LogP contribution in [0, 0.1) is 0 Å². The molecule has 0 aliphatic carbocycles. The van der Waals surface area contributed by atoms with Crippen LogP contribution in [0.25, 0.3) is 0 Å². The van der Waals surface area contributed by atoms with Crippen molar-refractivity contribution < 1.29 is 17.9 Å². The van der Waals surface area contributed by atoms with Crippen LogP contribution in [0.1, 0.15) is 32.3 Å². The number of rotatable bonds is 11. The first-order valence-corrected chi connectivity index (χ1v) is 10.9. The smallest absolute Gasteiger partial charge is 0.258 e. The molecule has 1 atom stereocenters. The van der Waals surface area contributed by atoms with Crippen LogP contribution in [0.15, 0.2) is 59.5 Å². The van der Waals surface area contributed by atoms with Crippen LogP contribution < -0.4 is 14.8 Å². The highest BCUT2D eigenvalue weighted by Gasteiger charge is 2.13. The maximum absolute atomic E-state index is 12.0. The van der Waals surface area contributed by atoms with Crippen molar-refractivity contribution in [3.8, 4) is 5.75 Å². The van der Waals surface area contributed by atoms with E-state index in [1.54, 1.807) is 12.1 Å². The number of hydrogen-bond donors (Lipinski definition) is 2. The topological polar surface area (TPSA) is 84.5 Å². The lowest BCUT2D eigenvalue weighted by molar-refractivity contribution is -0.123. The third kappa shape index (κ3) is 7.32. The van der Waals surface area contributed by atoms with Crippen LogP contribution in [0.4, 0.5) is 0 Å². The van der Waals surface area contributed by atoms with Gasteiger partial charge in [-0.15, -0.1) is 0 Å². The normalized spacial score (nSPS) is 12.4. The summed E-state index contributed by atoms with van der Waals surface area (Å²) in [6, 6.07) is 16.2. The zero-order valence-corrected chi connectivity index (χ0v) is 17.2. The van der Waals surface area contributed by atoms with E-state index in [2.05, 4.69) is 22.2 Å². The van der Waals surface area contributed by atoms with E-state index < -0.39 is 10.0 Å². The fourth-order valence-electron chi connectivity index (χ4n) is 2.60. The standard InChI is InChI=1S/C21H28N2O4S/c1-3-15-22-28(25,26)20-13-11-19(12-14-20)27-16-21(24)23-17(2)9-10-18-7-5-4-6-8-18/h4-8,11-14,17,22H,3,9-10,15-16H2,1-2H3,(H,23,24)/t17-/m0/s1. The van der Waals surface area contributed by atoms with Crippen LogP contribution >= 0.6 is 0 Å². The van der Waals surface area contributed by atoms with E-state index >= 15 is 0 Å². The molecule has 0 saturated carbocycles. The van der Waals surface area contributed by atoms with E-state index in [9.17, 15) is 13.2 Å². The molecule has 0 aliphatic rings. The summed E-state index contributed by atoms with van der Waals surface area (Å²) >= 11 is 0. The summed E-state index contributed by atoms with van der Waals surface area (Å²) in [6.07, 6.45) is 2.46. The molecule has 0 radical (unpaired) electrons. The van der Waals surface area contributed by atoms with Gasteiger partial charge in [-0.25, -0.2) is 13.1 Å². The monoisotopic (exact) mass is 404 g/mol. The maximum atomic E-state index is 12.0. The lowest BCUT2D eigenvalue weighted by Gasteiger charge is -2.14. The van der Waals surface area contributed by atoms with E-state index in [1.165, 1.54) is 17.7 Å². The van der Waals surface area contributed by atoms with Gasteiger partial charge in [-0.1, -0.05) is 37.3 Å². The van der Waals surface area contributed by atoms with Crippen LogP contribution in [-0.4, -0.2) is 33.5 Å². The molecule has 28 heavy (non-hydrogen) atoms. The molecule has 0 saturated heterocycles. The Morgan fingerprint density at radius 2 is 1.75 bits per heavy atom. The average Bonchev–Trinajstić information content (AvgIpc) is 2.70. The molecule has 7 heteroatoms. The molecule has 0 unspecified atom stereocenters. The summed E-state index contributed by atoms with van der Waals surface area (Å²) in [5.41, 5.74) is 1.24. The number of benzene rings is 2. The first-order chi connectivity index (χ1) is 13.4. The summed E-state index contributed by atoms with van der Waals surface area (Å²) in [5.74, 6) is 0.239. The van der Waals surface area contributed by atoms with Crippen molar-refractivity contribution in [3.63, 3.8) is 0 Å². The van der Waals surface area contributed by atoms with Gasteiger partial charge in [-0.2, -0.15) is 0 Å². The molecule has 1 amide bonds. The molecule has 0 fully saturated rings. The van der Waals surface area contributed by atoms with Crippen LogP contribution in [0.3, 0.4) is 0 Å². The number of sulfonamides is 1. The predicted molar refractivity (Wildman–Crippen MR) is 110 cm³/mol. The second-order valence-corrected chi connectivity index (χ2v) is 8.42. The molecule has 0 spiro atoms. The second kappa shape index (κ2) is 10.8. The molecular formula is C21H28N2O4S. The van der Waals surface area contributed by atoms with E-state index in [1.807, 2.05) is 32.0 Å². The summed E-state index contributed by atoms with van der Waals surface area (Å²) in [7, 11) is -3.50. The van der Waals surface area contributed by atoms with Gasteiger partial charge in [0.25, 0.3) is 5.91 Å². The van der Waals surface area contributed by atoms with Gasteiger partial charge in [-0.05, 0) is 56.0 Å². The molecule has 0 heterocycles. The first-order valence-electron chi connectivity index (χ1n) is 9.46. The van der Waals surface area contributed by atoms with Gasteiger partial charge in [0.1, 0.15) is 5.75 Å². The Kier molecular flexibility index (Phi) is 8.47. The molecule has 2 N–H and O–H groups in total. The van der Waals surface area contributed by atoms with Gasteiger partial charge in [0.15, 0.2) is 6.61 Å². The number of ether oxygens (including phenoxy) is 1. The van der Waals surface area contributed by atoms with Crippen molar-refractivity contribution in [1.29, 1.82) is 0 Å². The SMILES string of the molecule is CCCNS(=O)(=O)c1ccc(OCC(=O)N[C@@H](C)CCc2ccccc2)cc1. The second-order valence-electron chi connectivity index (χ2n) is 6.65. The fraction of sp³-hybridized carbons (Fsp3) is 0.381. The van der Waals surface area contributed by atoms with Gasteiger partial charge >= 0.3 is 0 Å². The Morgan fingerprint density at radius 1 is 1.07 bits per heavy atom. The maximum Gasteiger partial charge on any atom is 0.258 e. The number of carbonyl (C=O) groups is 1. The molecule has 6 nitrogen and oxygen atoms in total. The van der Waals surface area contributed by atoms with Crippen LogP contribution in [0.5, 0.6) is 5.75 Å². The Labute approximate surface area is 167 Å². The highest BCUT2D eigenvalue weighted by atomic mass is 32.2. The summed E-state index contributed by atoms with van der Waals surface area (Å²) in [5, 5.41) is 2.91. The minimum absolute atomic E-state index is 0.0356. The third-order valence-corrected chi connectivity index (χ3v) is 5.64. The number of hydrogen-bond acceptors (Lipinski definition) is 4. The van der Waals surface area contributed by atoms with E-state index in [0.29, 0.717) is 12.3 Å². The largest absolute Gasteiger partial charge is 0.484 e. The van der Waals surface area contributed by atoms with Crippen molar-refractivity contribution in [3.05, 3.63) is 60.2 Å². The molecule has 152 valence electrons. The zero-order valence-electron chi connectivity index (χ0n) is 16.4. The quantitative estimate of drug-likeness (QED) is 0.603. The minimum atomic E-state index is -3.50. The molecule has 2 rings (SSSR count). The summed E-state index contributed by atoms with van der Waals surface area (Å²) in [6.45, 7) is 4.13. The molecule has 2 aromatic rings. The molecular weight excluding hydrogens is 376 g/mol. The third-order valence-electron chi connectivity index (χ3n) is 4.16. The Hall–Kier alpha value is -2.38. The number of amides is 1. The van der Waals surface area contributed by atoms with Gasteiger partial charge in [0.05, 0.1) is 4.90 Å². The van der Waals surface area contributed by atoms with Gasteiger partial charge in [0.2, 0.25) is 10.0 Å². The van der Waals surface area contributed by atoms with Crippen molar-refractivity contribution >= 4 is 15.9 Å². The van der Waals surface area contributed by atoms with E-state index in [-0.39, 0.29) is 23.5 Å². The Morgan fingerprint density at radius 3 is 2.39 bits per heavy atom. The Balaban J connectivity index is 1.76. The highest BCUT2D eigenvalue weighted by Crippen LogP contribution is 2.16. The van der Waals surface area contributed by atoms with E-state index in [4.69, 9.17) is 4.74 Å². The molecule has 2 aromatic carbocycles. The molecule has 0 bridgehead atoms.